The number of sulfone groups is 1. The maximum absolute atomic E-state index is 13.5. The van der Waals surface area contributed by atoms with Crippen LogP contribution in [0.25, 0.3) is 21.7 Å². The zero-order chi connectivity index (χ0) is 23.8. The van der Waals surface area contributed by atoms with Gasteiger partial charge >= 0.3 is 0 Å². The molecule has 0 saturated heterocycles. The molecule has 0 fully saturated rings. The zero-order valence-electron chi connectivity index (χ0n) is 17.4. The van der Waals surface area contributed by atoms with Gasteiger partial charge in [-0.1, -0.05) is 54.1 Å². The number of sulfonamides is 1. The molecule has 0 aliphatic rings. The van der Waals surface area contributed by atoms with Crippen LogP contribution in [-0.2, 0) is 25.6 Å². The second-order valence-electron chi connectivity index (χ2n) is 7.48. The van der Waals surface area contributed by atoms with Gasteiger partial charge < -0.3 is 0 Å². The summed E-state index contributed by atoms with van der Waals surface area (Å²) in [5.74, 6) is -0.637. The summed E-state index contributed by atoms with van der Waals surface area (Å²) in [6, 6.07) is 18.5. The monoisotopic (exact) mass is 502 g/mol. The van der Waals surface area contributed by atoms with Crippen molar-refractivity contribution < 1.29 is 21.2 Å². The summed E-state index contributed by atoms with van der Waals surface area (Å²) < 4.78 is 62.8. The highest BCUT2D eigenvalue weighted by Gasteiger charge is 2.25. The van der Waals surface area contributed by atoms with E-state index < -0.39 is 25.7 Å². The Balaban J connectivity index is 1.81. The molecule has 2 N–H and O–H groups in total. The van der Waals surface area contributed by atoms with Crippen LogP contribution in [0.2, 0.25) is 0 Å². The number of rotatable bonds is 6. The van der Waals surface area contributed by atoms with Crippen molar-refractivity contribution in [2.45, 2.75) is 21.9 Å². The summed E-state index contributed by atoms with van der Waals surface area (Å²) in [5, 5.41) is 5.17. The molecule has 0 aliphatic heterocycles. The fraction of sp³-hybridized carbons (Fsp3) is 0.0870. The molecule has 170 valence electrons. The van der Waals surface area contributed by atoms with E-state index in [1.807, 2.05) is 19.1 Å². The normalized spacial score (nSPS) is 12.1. The van der Waals surface area contributed by atoms with Gasteiger partial charge in [0, 0.05) is 5.56 Å². The van der Waals surface area contributed by atoms with Crippen LogP contribution in [0.4, 0.5) is 4.39 Å². The van der Waals surface area contributed by atoms with Gasteiger partial charge in [-0.3, -0.25) is 0 Å². The number of benzene rings is 3. The van der Waals surface area contributed by atoms with Crippen LogP contribution in [-0.4, -0.2) is 21.8 Å². The van der Waals surface area contributed by atoms with E-state index in [1.54, 1.807) is 24.3 Å². The number of nitrogens with zero attached hydrogens (tertiary/aromatic N) is 1. The average Bonchev–Trinajstić information content (AvgIpc) is 3.22. The van der Waals surface area contributed by atoms with Crippen molar-refractivity contribution in [2.75, 3.05) is 0 Å². The quantitative estimate of drug-likeness (QED) is 0.416. The lowest BCUT2D eigenvalue weighted by atomic mass is 10.1. The molecule has 0 aliphatic carbocycles. The molecule has 1 heterocycles. The van der Waals surface area contributed by atoms with Crippen LogP contribution >= 0.6 is 11.3 Å². The molecule has 0 spiro atoms. The predicted molar refractivity (Wildman–Crippen MR) is 126 cm³/mol. The van der Waals surface area contributed by atoms with Gasteiger partial charge in [-0.05, 0) is 42.3 Å². The number of hydrogen-bond donors (Lipinski definition) is 1. The van der Waals surface area contributed by atoms with Crippen LogP contribution in [0.15, 0.2) is 82.0 Å². The van der Waals surface area contributed by atoms with Crippen LogP contribution < -0.4 is 5.14 Å². The third-order valence-corrected chi connectivity index (χ3v) is 9.09. The van der Waals surface area contributed by atoms with Crippen molar-refractivity contribution in [2.24, 2.45) is 5.14 Å². The Morgan fingerprint density at radius 2 is 1.42 bits per heavy atom. The largest absolute Gasteiger partial charge is 0.238 e. The van der Waals surface area contributed by atoms with Crippen molar-refractivity contribution in [3.05, 3.63) is 89.7 Å². The van der Waals surface area contributed by atoms with Crippen LogP contribution in [0.3, 0.4) is 0 Å². The summed E-state index contributed by atoms with van der Waals surface area (Å²) in [6.45, 7) is 1.92. The summed E-state index contributed by atoms with van der Waals surface area (Å²) in [4.78, 5) is 4.87. The first-order valence-electron chi connectivity index (χ1n) is 9.71. The molecule has 6 nitrogen and oxygen atoms in total. The van der Waals surface area contributed by atoms with Crippen molar-refractivity contribution in [3.63, 3.8) is 0 Å². The molecule has 4 aromatic rings. The van der Waals surface area contributed by atoms with Crippen molar-refractivity contribution in [1.82, 2.24) is 4.98 Å². The number of hydrogen-bond acceptors (Lipinski definition) is 6. The summed E-state index contributed by atoms with van der Waals surface area (Å²) >= 11 is 0.988. The zero-order valence-corrected chi connectivity index (χ0v) is 19.8. The van der Waals surface area contributed by atoms with Crippen LogP contribution in [0, 0.1) is 12.7 Å². The Labute approximate surface area is 195 Å². The maximum atomic E-state index is 13.5. The van der Waals surface area contributed by atoms with Crippen LogP contribution in [0.1, 0.15) is 11.1 Å². The standard InChI is InChI=1S/C23H19FN2O4S3/c1-15-2-4-16(5-3-15)14-32(27,28)23-26-21(17-8-12-20(13-9-17)33(25,29)30)22(31-23)18-6-10-19(24)11-7-18/h2-13H,14H2,1H3,(H2,25,29,30). The Bertz CT molecular complexity index is 1510. The van der Waals surface area contributed by atoms with Crippen molar-refractivity contribution >= 4 is 31.2 Å². The molecule has 10 heteroatoms. The first-order chi connectivity index (χ1) is 15.5. The van der Waals surface area contributed by atoms with Gasteiger partial charge in [-0.15, -0.1) is 11.3 Å². The second-order valence-corrected chi connectivity index (χ2v) is 12.2. The first kappa shape index (κ1) is 23.2. The van der Waals surface area contributed by atoms with Gasteiger partial charge in [0.1, 0.15) is 5.82 Å². The number of nitrogens with two attached hydrogens (primary N) is 1. The highest BCUT2D eigenvalue weighted by molar-refractivity contribution is 7.92. The van der Waals surface area contributed by atoms with E-state index in [1.165, 1.54) is 36.4 Å². The Hall–Kier alpha value is -2.92. The lowest BCUT2D eigenvalue weighted by Crippen LogP contribution is -2.11. The SMILES string of the molecule is Cc1ccc(CS(=O)(=O)c2nc(-c3ccc(S(N)(=O)=O)cc3)c(-c3ccc(F)cc3)s2)cc1. The number of aromatic nitrogens is 1. The molecule has 33 heavy (non-hydrogen) atoms. The third kappa shape index (κ3) is 5.19. The summed E-state index contributed by atoms with van der Waals surface area (Å²) in [5.41, 5.74) is 3.12. The number of aryl methyl sites for hydroxylation is 1. The second kappa shape index (κ2) is 8.79. The molecule has 0 atom stereocenters. The van der Waals surface area contributed by atoms with E-state index in [2.05, 4.69) is 4.98 Å². The van der Waals surface area contributed by atoms with Gasteiger partial charge in [-0.25, -0.2) is 31.3 Å². The first-order valence-corrected chi connectivity index (χ1v) is 13.7. The molecule has 3 aromatic carbocycles. The van der Waals surface area contributed by atoms with E-state index in [0.717, 1.165) is 16.9 Å². The summed E-state index contributed by atoms with van der Waals surface area (Å²) in [7, 11) is -7.65. The lowest BCUT2D eigenvalue weighted by Gasteiger charge is -2.04. The molecule has 0 bridgehead atoms. The molecule has 1 aromatic heterocycles. The number of thiazole rings is 1. The smallest absolute Gasteiger partial charge is 0.225 e. The van der Waals surface area contributed by atoms with E-state index in [0.29, 0.717) is 27.3 Å². The van der Waals surface area contributed by atoms with Crippen molar-refractivity contribution in [3.8, 4) is 21.7 Å². The molecule has 0 radical (unpaired) electrons. The van der Waals surface area contributed by atoms with Crippen molar-refractivity contribution in [1.29, 1.82) is 0 Å². The highest BCUT2D eigenvalue weighted by Crippen LogP contribution is 2.39. The van der Waals surface area contributed by atoms with E-state index in [4.69, 9.17) is 5.14 Å². The number of halogens is 1. The fourth-order valence-electron chi connectivity index (χ4n) is 3.19. The van der Waals surface area contributed by atoms with Gasteiger partial charge in [0.15, 0.2) is 0 Å². The lowest BCUT2D eigenvalue weighted by molar-refractivity contribution is 0.594. The number of primary sulfonamides is 1. The molecular formula is C23H19FN2O4S3. The van der Waals surface area contributed by atoms with E-state index >= 15 is 0 Å². The minimum atomic E-state index is -3.88. The predicted octanol–water partition coefficient (Wildman–Crippen LogP) is 4.55. The Kier molecular flexibility index (Phi) is 6.19. The fourth-order valence-corrected chi connectivity index (χ4v) is 6.45. The van der Waals surface area contributed by atoms with Gasteiger partial charge in [-0.2, -0.15) is 0 Å². The molecule has 0 saturated carbocycles. The molecule has 0 unspecified atom stereocenters. The van der Waals surface area contributed by atoms with E-state index in [-0.39, 0.29) is 15.0 Å². The third-order valence-electron chi connectivity index (χ3n) is 4.91. The van der Waals surface area contributed by atoms with Gasteiger partial charge in [0.2, 0.25) is 24.2 Å². The average molecular weight is 503 g/mol. The van der Waals surface area contributed by atoms with E-state index in [9.17, 15) is 21.2 Å². The topological polar surface area (TPSA) is 107 Å². The summed E-state index contributed by atoms with van der Waals surface area (Å²) in [6.07, 6.45) is 0. The molecule has 0 amide bonds. The Morgan fingerprint density at radius 1 is 0.848 bits per heavy atom. The minimum absolute atomic E-state index is 0.0722. The maximum Gasteiger partial charge on any atom is 0.238 e. The van der Waals surface area contributed by atoms with Gasteiger partial charge in [0.05, 0.1) is 21.2 Å². The minimum Gasteiger partial charge on any atom is -0.225 e. The van der Waals surface area contributed by atoms with Gasteiger partial charge in [0.25, 0.3) is 0 Å². The van der Waals surface area contributed by atoms with Crippen LogP contribution in [0.5, 0.6) is 0 Å². The molecule has 4 rings (SSSR count). The Morgan fingerprint density at radius 3 is 2.00 bits per heavy atom. The highest BCUT2D eigenvalue weighted by atomic mass is 32.2. The molecular weight excluding hydrogens is 483 g/mol.